The highest BCUT2D eigenvalue weighted by Crippen LogP contribution is 2.31. The Balaban J connectivity index is 2.01. The lowest BCUT2D eigenvalue weighted by molar-refractivity contribution is -0.401. The number of ether oxygens (including phenoxy) is 3. The molecule has 0 radical (unpaired) electrons. The standard InChI is InChI=1S/C19H19N5O7/c1-4-30-19(25)21-20-10-12-11-23(13-5-6-14(28-2)16(9-13)29-3)22-18(12)15-7-8-17(31-15)24(26)27/h5-11H,4H2,1-3H3,(H,21,25). The highest BCUT2D eigenvalue weighted by atomic mass is 16.6. The second-order valence-corrected chi connectivity index (χ2v) is 5.90. The molecule has 12 heteroatoms. The van der Waals surface area contributed by atoms with Crippen molar-refractivity contribution in [3.05, 3.63) is 52.2 Å². The van der Waals surface area contributed by atoms with Gasteiger partial charge in [0.15, 0.2) is 17.3 Å². The molecule has 0 aliphatic heterocycles. The molecule has 1 N–H and O–H groups in total. The van der Waals surface area contributed by atoms with Crippen LogP contribution in [0.2, 0.25) is 0 Å². The maximum Gasteiger partial charge on any atom is 0.433 e. The molecule has 0 unspecified atom stereocenters. The lowest BCUT2D eigenvalue weighted by atomic mass is 10.2. The van der Waals surface area contributed by atoms with Crippen molar-refractivity contribution in [3.63, 3.8) is 0 Å². The number of hydrazone groups is 1. The summed E-state index contributed by atoms with van der Waals surface area (Å²) < 4.78 is 22.1. The number of carbonyl (C=O) groups is 1. The molecule has 0 atom stereocenters. The highest BCUT2D eigenvalue weighted by Gasteiger charge is 2.19. The minimum absolute atomic E-state index is 0.156. The number of benzene rings is 1. The van der Waals surface area contributed by atoms with Crippen molar-refractivity contribution in [3.8, 4) is 28.6 Å². The third kappa shape index (κ3) is 4.80. The lowest BCUT2D eigenvalue weighted by Gasteiger charge is -2.09. The molecule has 0 bridgehead atoms. The Morgan fingerprint density at radius 1 is 1.29 bits per heavy atom. The maximum absolute atomic E-state index is 11.4. The molecule has 0 saturated heterocycles. The Labute approximate surface area is 176 Å². The van der Waals surface area contributed by atoms with E-state index in [9.17, 15) is 14.9 Å². The third-order valence-corrected chi connectivity index (χ3v) is 4.01. The predicted molar refractivity (Wildman–Crippen MR) is 109 cm³/mol. The number of hydrogen-bond acceptors (Lipinski definition) is 9. The Hall–Kier alpha value is -4.35. The summed E-state index contributed by atoms with van der Waals surface area (Å²) in [5, 5.41) is 19.3. The van der Waals surface area contributed by atoms with E-state index in [2.05, 4.69) is 15.6 Å². The van der Waals surface area contributed by atoms with Gasteiger partial charge >= 0.3 is 12.0 Å². The number of aromatic nitrogens is 2. The molecule has 1 aromatic carbocycles. The molecular formula is C19H19N5O7. The smallest absolute Gasteiger partial charge is 0.433 e. The third-order valence-electron chi connectivity index (χ3n) is 4.01. The van der Waals surface area contributed by atoms with E-state index in [1.54, 1.807) is 31.3 Å². The van der Waals surface area contributed by atoms with Gasteiger partial charge in [-0.1, -0.05) is 0 Å². The van der Waals surface area contributed by atoms with Gasteiger partial charge in [-0.2, -0.15) is 10.2 Å². The Morgan fingerprint density at radius 2 is 2.06 bits per heavy atom. The van der Waals surface area contributed by atoms with Crippen LogP contribution in [0.1, 0.15) is 12.5 Å². The second kappa shape index (κ2) is 9.43. The van der Waals surface area contributed by atoms with Gasteiger partial charge in [0.05, 0.1) is 38.8 Å². The van der Waals surface area contributed by atoms with Crippen molar-refractivity contribution in [2.45, 2.75) is 6.92 Å². The monoisotopic (exact) mass is 429 g/mol. The predicted octanol–water partition coefficient (Wildman–Crippen LogP) is 3.14. The first-order valence-corrected chi connectivity index (χ1v) is 8.99. The molecule has 2 heterocycles. The number of carbonyl (C=O) groups excluding carboxylic acids is 1. The van der Waals surface area contributed by atoms with E-state index in [1.165, 1.54) is 37.2 Å². The fourth-order valence-electron chi connectivity index (χ4n) is 2.64. The maximum atomic E-state index is 11.4. The number of hydrogen-bond donors (Lipinski definition) is 1. The number of amides is 1. The normalized spacial score (nSPS) is 10.8. The fraction of sp³-hybridized carbons (Fsp3) is 0.211. The summed E-state index contributed by atoms with van der Waals surface area (Å²) in [6, 6.07) is 7.82. The van der Waals surface area contributed by atoms with Crippen LogP contribution in [-0.2, 0) is 4.74 Å². The number of methoxy groups -OCH3 is 2. The van der Waals surface area contributed by atoms with Crippen molar-refractivity contribution in [1.29, 1.82) is 0 Å². The quantitative estimate of drug-likeness (QED) is 0.327. The Bertz CT molecular complexity index is 1120. The molecule has 2 aromatic heterocycles. The first-order valence-electron chi connectivity index (χ1n) is 8.99. The van der Waals surface area contributed by atoms with Crippen LogP contribution >= 0.6 is 0 Å². The largest absolute Gasteiger partial charge is 0.493 e. The molecule has 162 valence electrons. The van der Waals surface area contributed by atoms with Gasteiger partial charge in [0.2, 0.25) is 0 Å². The first-order chi connectivity index (χ1) is 15.0. The van der Waals surface area contributed by atoms with Crippen molar-refractivity contribution in [2.24, 2.45) is 5.10 Å². The number of nitrogens with one attached hydrogen (secondary N) is 1. The van der Waals surface area contributed by atoms with Crippen molar-refractivity contribution < 1.29 is 28.3 Å². The zero-order valence-corrected chi connectivity index (χ0v) is 16.9. The van der Waals surface area contributed by atoms with Crippen molar-refractivity contribution in [1.82, 2.24) is 15.2 Å². The van der Waals surface area contributed by atoms with Gasteiger partial charge in [-0.3, -0.25) is 10.1 Å². The van der Waals surface area contributed by atoms with Crippen molar-refractivity contribution >= 4 is 18.2 Å². The van der Waals surface area contributed by atoms with Gasteiger partial charge in [0, 0.05) is 17.8 Å². The van der Waals surface area contributed by atoms with Crippen LogP contribution in [0, 0.1) is 10.1 Å². The highest BCUT2D eigenvalue weighted by molar-refractivity contribution is 5.88. The fourth-order valence-corrected chi connectivity index (χ4v) is 2.64. The van der Waals surface area contributed by atoms with E-state index in [0.29, 0.717) is 22.7 Å². The van der Waals surface area contributed by atoms with Gasteiger partial charge in [-0.05, 0) is 25.1 Å². The van der Waals surface area contributed by atoms with Crippen LogP contribution in [0.25, 0.3) is 17.1 Å². The summed E-state index contributed by atoms with van der Waals surface area (Å²) in [6.07, 6.45) is 2.22. The second-order valence-electron chi connectivity index (χ2n) is 5.90. The SMILES string of the molecule is CCOC(=O)NN=Cc1cn(-c2ccc(OC)c(OC)c2)nc1-c1ccc([N+](=O)[O-])o1. The van der Waals surface area contributed by atoms with Crippen LogP contribution in [0.5, 0.6) is 11.5 Å². The Kier molecular flexibility index (Phi) is 6.50. The topological polar surface area (TPSA) is 143 Å². The van der Waals surface area contributed by atoms with Crippen LogP contribution in [-0.4, -0.2) is 47.8 Å². The summed E-state index contributed by atoms with van der Waals surface area (Å²) in [7, 11) is 3.04. The summed E-state index contributed by atoms with van der Waals surface area (Å²) >= 11 is 0. The summed E-state index contributed by atoms with van der Waals surface area (Å²) in [5.74, 6) is 0.761. The summed E-state index contributed by atoms with van der Waals surface area (Å²) in [6.45, 7) is 1.86. The van der Waals surface area contributed by atoms with E-state index < -0.39 is 16.9 Å². The number of rotatable bonds is 8. The number of nitrogens with zero attached hydrogens (tertiary/aromatic N) is 4. The lowest BCUT2D eigenvalue weighted by Crippen LogP contribution is -2.18. The number of nitro groups is 1. The number of furan rings is 1. The molecule has 3 aromatic rings. The van der Waals surface area contributed by atoms with E-state index in [-0.39, 0.29) is 18.1 Å². The summed E-state index contributed by atoms with van der Waals surface area (Å²) in [4.78, 5) is 21.8. The minimum Gasteiger partial charge on any atom is -0.493 e. The first kappa shape index (κ1) is 21.4. The van der Waals surface area contributed by atoms with Gasteiger partial charge < -0.3 is 18.6 Å². The molecule has 0 aliphatic carbocycles. The molecule has 31 heavy (non-hydrogen) atoms. The van der Waals surface area contributed by atoms with Gasteiger partial charge in [-0.25, -0.2) is 14.9 Å². The van der Waals surface area contributed by atoms with Crippen molar-refractivity contribution in [2.75, 3.05) is 20.8 Å². The molecule has 0 fully saturated rings. The van der Waals surface area contributed by atoms with Crippen LogP contribution < -0.4 is 14.9 Å². The molecule has 0 spiro atoms. The van der Waals surface area contributed by atoms with Crippen LogP contribution in [0.4, 0.5) is 10.7 Å². The zero-order chi connectivity index (χ0) is 22.4. The average Bonchev–Trinajstić information content (AvgIpc) is 3.41. The van der Waals surface area contributed by atoms with E-state index in [0.717, 1.165) is 0 Å². The molecule has 0 aliphatic rings. The average molecular weight is 429 g/mol. The van der Waals surface area contributed by atoms with Gasteiger partial charge in [0.25, 0.3) is 0 Å². The summed E-state index contributed by atoms with van der Waals surface area (Å²) in [5.41, 5.74) is 3.54. The molecule has 3 rings (SSSR count). The van der Waals surface area contributed by atoms with E-state index in [4.69, 9.17) is 18.6 Å². The minimum atomic E-state index is -0.721. The molecular weight excluding hydrogens is 410 g/mol. The Morgan fingerprint density at radius 3 is 2.71 bits per heavy atom. The molecule has 0 saturated carbocycles. The van der Waals surface area contributed by atoms with E-state index >= 15 is 0 Å². The zero-order valence-electron chi connectivity index (χ0n) is 16.9. The molecule has 1 amide bonds. The van der Waals surface area contributed by atoms with Gasteiger partial charge in [-0.15, -0.1) is 0 Å². The molecule has 12 nitrogen and oxygen atoms in total. The van der Waals surface area contributed by atoms with Crippen LogP contribution in [0.15, 0.2) is 46.0 Å². The van der Waals surface area contributed by atoms with E-state index in [1.807, 2.05) is 0 Å². The van der Waals surface area contributed by atoms with Crippen LogP contribution in [0.3, 0.4) is 0 Å². The van der Waals surface area contributed by atoms with Gasteiger partial charge in [0.1, 0.15) is 10.6 Å².